The number of pyridine rings is 4. The van der Waals surface area contributed by atoms with Crippen LogP contribution < -0.4 is 10.2 Å². The zero-order chi connectivity index (χ0) is 37.6. The zero-order valence-corrected chi connectivity index (χ0v) is 30.3. The standard InChI is InChI=1S/2C12H12N2.2C7H5NO4.Mn.2H2O/c2*1(11-3-7-13-8-4-11)2-12-5-9-14-10-6-12;2*9-7(10)5-3-1-2-4-6(5)8(11)12;;;/h2*3-10H,1-2H2;2*1-4H,(H,9,10);;2*1H2/q;;;;+2;;. The third-order valence-electron chi connectivity index (χ3n) is 7.04. The van der Waals surface area contributed by atoms with Crippen molar-refractivity contribution in [1.29, 1.82) is 0 Å². The number of nitro benzene ring substituents is 2. The van der Waals surface area contributed by atoms with Crippen molar-refractivity contribution in [3.8, 4) is 0 Å². The fourth-order valence-corrected chi connectivity index (χ4v) is 4.39. The maximum absolute atomic E-state index is 10.3. The van der Waals surface area contributed by atoms with Crippen LogP contribution in [0.1, 0.15) is 43.0 Å². The number of hydrogen-bond acceptors (Lipinski definition) is 12. The van der Waals surface area contributed by atoms with Crippen molar-refractivity contribution in [2.45, 2.75) is 25.7 Å². The van der Waals surface area contributed by atoms with E-state index in [4.69, 9.17) is 0 Å². The number of hydrogen-bond donors (Lipinski definition) is 0. The van der Waals surface area contributed by atoms with Gasteiger partial charge in [-0.3, -0.25) is 40.2 Å². The number of aryl methyl sites for hydroxylation is 4. The van der Waals surface area contributed by atoms with Gasteiger partial charge in [-0.2, -0.15) is 0 Å². The molecule has 6 N–H and O–H groups in total. The molecule has 0 aliphatic carbocycles. The summed E-state index contributed by atoms with van der Waals surface area (Å²) in [7, 11) is 0. The van der Waals surface area contributed by atoms with Gasteiger partial charge in [-0.1, -0.05) is 24.3 Å². The van der Waals surface area contributed by atoms with E-state index in [0.717, 1.165) is 49.9 Å². The van der Waals surface area contributed by atoms with Gasteiger partial charge in [0.15, 0.2) is 0 Å². The number of aromatic nitrogens is 4. The quantitative estimate of drug-likeness (QED) is 0.0837. The number of carbonyl (C=O) groups excluding carboxylic acids is 2. The van der Waals surface area contributed by atoms with E-state index in [1.807, 2.05) is 49.6 Å². The Labute approximate surface area is 326 Å². The molecule has 0 saturated carbocycles. The van der Waals surface area contributed by atoms with Gasteiger partial charge in [0.2, 0.25) is 0 Å². The van der Waals surface area contributed by atoms with Crippen molar-refractivity contribution >= 4 is 23.3 Å². The molecule has 0 aliphatic rings. The van der Waals surface area contributed by atoms with E-state index >= 15 is 0 Å². The summed E-state index contributed by atoms with van der Waals surface area (Å²) in [6.45, 7) is 0. The molecule has 0 saturated heterocycles. The Morgan fingerprint density at radius 1 is 0.436 bits per heavy atom. The van der Waals surface area contributed by atoms with Crippen LogP contribution >= 0.6 is 0 Å². The number of para-hydroxylation sites is 2. The molecule has 0 amide bonds. The van der Waals surface area contributed by atoms with Gasteiger partial charge in [-0.05, 0) is 109 Å². The van der Waals surface area contributed by atoms with Crippen LogP contribution in [-0.2, 0) is 53.7 Å². The van der Waals surface area contributed by atoms with Crippen LogP contribution in [-0.4, -0.2) is 41.7 Å². The zero-order valence-electron chi connectivity index (χ0n) is 29.2. The Balaban J connectivity index is 0.000000697. The van der Waals surface area contributed by atoms with Crippen LogP contribution in [0.3, 0.4) is 0 Å². The average molecular weight is 794 g/mol. The van der Waals surface area contributed by atoms with Crippen LogP contribution in [0.25, 0.3) is 0 Å². The number of carboxylic acid groups (broad SMARTS) is 2. The van der Waals surface area contributed by atoms with Crippen LogP contribution in [0.2, 0.25) is 0 Å². The predicted molar refractivity (Wildman–Crippen MR) is 196 cm³/mol. The molecule has 6 aromatic rings. The fraction of sp³-hybridized carbons (Fsp3) is 0.105. The third-order valence-corrected chi connectivity index (χ3v) is 7.04. The molecule has 0 spiro atoms. The minimum Gasteiger partial charge on any atom is -0.545 e. The number of nitrogens with zero attached hydrogens (tertiary/aromatic N) is 6. The van der Waals surface area contributed by atoms with Crippen molar-refractivity contribution in [1.82, 2.24) is 19.9 Å². The Kier molecular flexibility index (Phi) is 23.6. The first kappa shape index (κ1) is 48.2. The summed E-state index contributed by atoms with van der Waals surface area (Å²) >= 11 is 0. The summed E-state index contributed by atoms with van der Waals surface area (Å²) in [5, 5.41) is 41.1. The summed E-state index contributed by atoms with van der Waals surface area (Å²) in [5.41, 5.74) is 3.63. The molecule has 55 heavy (non-hydrogen) atoms. The van der Waals surface area contributed by atoms with E-state index in [2.05, 4.69) is 68.5 Å². The second-order valence-corrected chi connectivity index (χ2v) is 10.5. The van der Waals surface area contributed by atoms with Gasteiger partial charge in [0.25, 0.3) is 11.4 Å². The normalized spacial score (nSPS) is 9.16. The van der Waals surface area contributed by atoms with E-state index in [9.17, 15) is 40.0 Å². The molecule has 0 fully saturated rings. The van der Waals surface area contributed by atoms with Gasteiger partial charge in [0.1, 0.15) is 0 Å². The molecule has 285 valence electrons. The predicted octanol–water partition coefficient (Wildman–Crippen LogP) is 2.59. The molecular formula is C38H38MnN6O10+2. The van der Waals surface area contributed by atoms with Gasteiger partial charge in [-0.25, -0.2) is 0 Å². The van der Waals surface area contributed by atoms with Gasteiger partial charge in [0.05, 0.1) is 32.9 Å². The molecule has 0 aliphatic heterocycles. The van der Waals surface area contributed by atoms with Crippen LogP contribution in [0.5, 0.6) is 0 Å². The van der Waals surface area contributed by atoms with E-state index in [1.165, 1.54) is 46.5 Å². The van der Waals surface area contributed by atoms with Gasteiger partial charge < -0.3 is 30.8 Å². The molecule has 17 heteroatoms. The maximum Gasteiger partial charge on any atom is 2.00 e. The summed E-state index contributed by atoms with van der Waals surface area (Å²) in [6.07, 6.45) is 18.9. The molecule has 0 unspecified atom stereocenters. The average Bonchev–Trinajstić information content (AvgIpc) is 3.18. The van der Waals surface area contributed by atoms with Crippen molar-refractivity contribution < 1.29 is 57.7 Å². The molecule has 0 atom stereocenters. The Bertz CT molecular complexity index is 1720. The minimum absolute atomic E-state index is 0. The summed E-state index contributed by atoms with van der Waals surface area (Å²) in [6, 6.07) is 26.5. The summed E-state index contributed by atoms with van der Waals surface area (Å²) in [4.78, 5) is 55.5. The third kappa shape index (κ3) is 18.0. The maximum atomic E-state index is 10.3. The van der Waals surface area contributed by atoms with Gasteiger partial charge in [-0.15, -0.1) is 0 Å². The van der Waals surface area contributed by atoms with Crippen molar-refractivity contribution in [2.24, 2.45) is 0 Å². The molecule has 4 aromatic heterocycles. The second-order valence-electron chi connectivity index (χ2n) is 10.5. The first-order chi connectivity index (χ1) is 25.2. The van der Waals surface area contributed by atoms with Crippen LogP contribution in [0, 0.1) is 20.2 Å². The van der Waals surface area contributed by atoms with Crippen LogP contribution in [0.15, 0.2) is 147 Å². The number of carboxylic acids is 2. The largest absolute Gasteiger partial charge is 2.00 e. The summed E-state index contributed by atoms with van der Waals surface area (Å²) in [5.74, 6) is -3.08. The smallest absolute Gasteiger partial charge is 0.545 e. The molecule has 4 heterocycles. The molecule has 16 nitrogen and oxygen atoms in total. The van der Waals surface area contributed by atoms with E-state index in [0.29, 0.717) is 0 Å². The molecular weight excluding hydrogens is 755 g/mol. The SMILES string of the molecule is O=C([O-])c1ccccc1[N+](=O)[O-].O=C([O-])c1ccccc1[N+](=O)[O-].[Mn+2].[OH3+].[OH3+].c1cc(CCc2ccncc2)ccn1.c1cc(CCc2ccncc2)ccn1. The number of benzene rings is 2. The second kappa shape index (κ2) is 26.9. The number of nitro groups is 2. The molecule has 2 aromatic carbocycles. The minimum atomic E-state index is -1.54. The van der Waals surface area contributed by atoms with E-state index in [1.54, 1.807) is 0 Å². The molecule has 1 radical (unpaired) electrons. The van der Waals surface area contributed by atoms with E-state index in [-0.39, 0.29) is 28.0 Å². The monoisotopic (exact) mass is 793 g/mol. The van der Waals surface area contributed by atoms with Crippen molar-refractivity contribution in [3.63, 3.8) is 0 Å². The topological polar surface area (TPSA) is 284 Å². The van der Waals surface area contributed by atoms with Gasteiger partial charge >= 0.3 is 17.1 Å². The number of aromatic carboxylic acids is 2. The Hall–Kier alpha value is -6.78. The Morgan fingerprint density at radius 2 is 0.655 bits per heavy atom. The first-order valence-electron chi connectivity index (χ1n) is 15.6. The first-order valence-corrected chi connectivity index (χ1v) is 15.6. The van der Waals surface area contributed by atoms with Crippen molar-refractivity contribution in [2.75, 3.05) is 0 Å². The molecule has 6 rings (SSSR count). The number of carbonyl (C=O) groups is 2. The van der Waals surface area contributed by atoms with Crippen molar-refractivity contribution in [3.05, 3.63) is 200 Å². The summed E-state index contributed by atoms with van der Waals surface area (Å²) < 4.78 is 0. The fourth-order valence-electron chi connectivity index (χ4n) is 4.39. The van der Waals surface area contributed by atoms with Gasteiger partial charge in [0, 0.05) is 61.7 Å². The van der Waals surface area contributed by atoms with E-state index < -0.39 is 44.3 Å². The number of rotatable bonds is 10. The van der Waals surface area contributed by atoms with Crippen LogP contribution in [0.4, 0.5) is 11.4 Å². The Morgan fingerprint density at radius 3 is 0.836 bits per heavy atom. The molecule has 0 bridgehead atoms.